The Hall–Kier alpha value is -1.20. The third-order valence-corrected chi connectivity index (χ3v) is 2.01. The van der Waals surface area contributed by atoms with Gasteiger partial charge in [-0.1, -0.05) is 6.07 Å². The molecule has 5 heteroatoms. The van der Waals surface area contributed by atoms with Gasteiger partial charge in [0.1, 0.15) is 11.5 Å². The normalized spacial score (nSPS) is 12.6. The number of aliphatic hydroxyl groups excluding tert-OH is 2. The van der Waals surface area contributed by atoms with Gasteiger partial charge in [-0.15, -0.1) is 0 Å². The average molecular weight is 217 g/mol. The van der Waals surface area contributed by atoms with Crippen molar-refractivity contribution >= 4 is 5.69 Å². The van der Waals surface area contributed by atoms with E-state index >= 15 is 0 Å². The van der Waals surface area contributed by atoms with E-state index in [1.54, 1.807) is 0 Å². The van der Waals surface area contributed by atoms with Crippen LogP contribution >= 0.6 is 0 Å². The fourth-order valence-electron chi connectivity index (χ4n) is 1.10. The summed E-state index contributed by atoms with van der Waals surface area (Å²) in [5.74, 6) is -1.40. The Balaban J connectivity index is 2.80. The van der Waals surface area contributed by atoms with E-state index in [1.165, 1.54) is 13.0 Å². The molecule has 0 heterocycles. The Morgan fingerprint density at radius 1 is 1.40 bits per heavy atom. The summed E-state index contributed by atoms with van der Waals surface area (Å²) in [6.45, 7) is 0.957. The van der Waals surface area contributed by atoms with Crippen LogP contribution in [-0.4, -0.2) is 29.5 Å². The number of rotatable bonds is 4. The van der Waals surface area contributed by atoms with E-state index in [1.807, 2.05) is 0 Å². The molecule has 15 heavy (non-hydrogen) atoms. The maximum Gasteiger partial charge on any atom is 0.152 e. The van der Waals surface area contributed by atoms with Crippen LogP contribution in [0.2, 0.25) is 0 Å². The van der Waals surface area contributed by atoms with Crippen LogP contribution in [0.5, 0.6) is 0 Å². The van der Waals surface area contributed by atoms with Gasteiger partial charge in [0.2, 0.25) is 0 Å². The standard InChI is InChI=1S/C10H13F2NO2/c1-6-2-3-8(11)10(9(6)12)13-4-7(15)5-14/h2-3,7,13-15H,4-5H2,1H3/t7-/m0/s1. The zero-order valence-electron chi connectivity index (χ0n) is 8.30. The summed E-state index contributed by atoms with van der Waals surface area (Å²) in [6, 6.07) is 2.48. The summed E-state index contributed by atoms with van der Waals surface area (Å²) in [7, 11) is 0. The van der Waals surface area contributed by atoms with Gasteiger partial charge in [0, 0.05) is 6.54 Å². The van der Waals surface area contributed by atoms with E-state index in [9.17, 15) is 8.78 Å². The highest BCUT2D eigenvalue weighted by molar-refractivity contribution is 5.48. The Morgan fingerprint density at radius 3 is 2.67 bits per heavy atom. The zero-order valence-corrected chi connectivity index (χ0v) is 8.30. The molecule has 0 aliphatic rings. The molecule has 0 spiro atoms. The van der Waals surface area contributed by atoms with Crippen LogP contribution < -0.4 is 5.32 Å². The number of anilines is 1. The van der Waals surface area contributed by atoms with Crippen LogP contribution in [0.3, 0.4) is 0 Å². The predicted molar refractivity (Wildman–Crippen MR) is 52.7 cm³/mol. The van der Waals surface area contributed by atoms with E-state index in [4.69, 9.17) is 10.2 Å². The molecule has 84 valence electrons. The van der Waals surface area contributed by atoms with Crippen LogP contribution in [0.4, 0.5) is 14.5 Å². The summed E-state index contributed by atoms with van der Waals surface area (Å²) in [5, 5.41) is 20.0. The van der Waals surface area contributed by atoms with Crippen molar-refractivity contribution in [3.05, 3.63) is 29.3 Å². The fraction of sp³-hybridized carbons (Fsp3) is 0.400. The molecule has 0 fully saturated rings. The minimum atomic E-state index is -1.04. The van der Waals surface area contributed by atoms with Gasteiger partial charge in [-0.05, 0) is 18.6 Å². The second-order valence-electron chi connectivity index (χ2n) is 3.27. The Morgan fingerprint density at radius 2 is 2.07 bits per heavy atom. The quantitative estimate of drug-likeness (QED) is 0.706. The lowest BCUT2D eigenvalue weighted by Gasteiger charge is -2.12. The lowest BCUT2D eigenvalue weighted by atomic mass is 10.2. The van der Waals surface area contributed by atoms with Crippen LogP contribution in [0.1, 0.15) is 5.56 Å². The third-order valence-electron chi connectivity index (χ3n) is 2.01. The summed E-state index contributed by atoms with van der Waals surface area (Å²) < 4.78 is 26.5. The second-order valence-corrected chi connectivity index (χ2v) is 3.27. The molecular formula is C10H13F2NO2. The monoisotopic (exact) mass is 217 g/mol. The molecule has 1 atom stereocenters. The summed E-state index contributed by atoms with van der Waals surface area (Å²) in [6.07, 6.45) is -1.04. The highest BCUT2D eigenvalue weighted by Crippen LogP contribution is 2.21. The summed E-state index contributed by atoms with van der Waals surface area (Å²) in [5.41, 5.74) is 0.0416. The SMILES string of the molecule is Cc1ccc(F)c(NC[C@H](O)CO)c1F. The van der Waals surface area contributed by atoms with Crippen molar-refractivity contribution in [2.45, 2.75) is 13.0 Å². The first-order valence-corrected chi connectivity index (χ1v) is 4.53. The second kappa shape index (κ2) is 5.04. The van der Waals surface area contributed by atoms with Crippen molar-refractivity contribution in [1.29, 1.82) is 0 Å². The number of aryl methyl sites for hydroxylation is 1. The number of nitrogens with one attached hydrogen (secondary N) is 1. The molecular weight excluding hydrogens is 204 g/mol. The molecule has 3 N–H and O–H groups in total. The van der Waals surface area contributed by atoms with E-state index in [2.05, 4.69) is 5.32 Å². The van der Waals surface area contributed by atoms with Gasteiger partial charge in [-0.2, -0.15) is 0 Å². The van der Waals surface area contributed by atoms with Crippen molar-refractivity contribution in [3.63, 3.8) is 0 Å². The number of aliphatic hydroxyl groups is 2. The number of halogens is 2. The Kier molecular flexibility index (Phi) is 3.99. The van der Waals surface area contributed by atoms with Crippen molar-refractivity contribution in [2.24, 2.45) is 0 Å². The molecule has 0 radical (unpaired) electrons. The Bertz CT molecular complexity index is 344. The molecule has 0 aromatic heterocycles. The van der Waals surface area contributed by atoms with Crippen molar-refractivity contribution in [1.82, 2.24) is 0 Å². The summed E-state index contributed by atoms with van der Waals surface area (Å²) in [4.78, 5) is 0. The highest BCUT2D eigenvalue weighted by Gasteiger charge is 2.12. The topological polar surface area (TPSA) is 52.5 Å². The summed E-state index contributed by atoms with van der Waals surface area (Å²) >= 11 is 0. The minimum absolute atomic E-state index is 0.103. The van der Waals surface area contributed by atoms with E-state index < -0.39 is 24.3 Å². The van der Waals surface area contributed by atoms with E-state index in [-0.39, 0.29) is 12.2 Å². The number of benzene rings is 1. The van der Waals surface area contributed by atoms with Gasteiger partial charge in [0.15, 0.2) is 5.82 Å². The molecule has 1 aromatic rings. The number of hydrogen-bond donors (Lipinski definition) is 3. The van der Waals surface area contributed by atoms with Crippen molar-refractivity contribution in [3.8, 4) is 0 Å². The first-order chi connectivity index (χ1) is 7.06. The molecule has 0 aliphatic carbocycles. The van der Waals surface area contributed by atoms with Crippen LogP contribution in [0.15, 0.2) is 12.1 Å². The van der Waals surface area contributed by atoms with Crippen LogP contribution in [0, 0.1) is 18.6 Å². The van der Waals surface area contributed by atoms with Gasteiger partial charge >= 0.3 is 0 Å². The largest absolute Gasteiger partial charge is 0.394 e. The van der Waals surface area contributed by atoms with Crippen molar-refractivity contribution in [2.75, 3.05) is 18.5 Å². The maximum absolute atomic E-state index is 13.4. The smallest absolute Gasteiger partial charge is 0.152 e. The van der Waals surface area contributed by atoms with Gasteiger partial charge < -0.3 is 15.5 Å². The molecule has 0 bridgehead atoms. The molecule has 0 saturated carbocycles. The molecule has 0 aliphatic heterocycles. The van der Waals surface area contributed by atoms with E-state index in [0.717, 1.165) is 6.07 Å². The fourth-order valence-corrected chi connectivity index (χ4v) is 1.10. The van der Waals surface area contributed by atoms with Crippen LogP contribution in [0.25, 0.3) is 0 Å². The molecule has 0 amide bonds. The highest BCUT2D eigenvalue weighted by atomic mass is 19.1. The lowest BCUT2D eigenvalue weighted by Crippen LogP contribution is -2.23. The number of hydrogen-bond acceptors (Lipinski definition) is 3. The van der Waals surface area contributed by atoms with Gasteiger partial charge in [-0.3, -0.25) is 0 Å². The molecule has 0 unspecified atom stereocenters. The van der Waals surface area contributed by atoms with Crippen LogP contribution in [-0.2, 0) is 0 Å². The Labute approximate surface area is 86.4 Å². The van der Waals surface area contributed by atoms with Gasteiger partial charge in [-0.25, -0.2) is 8.78 Å². The maximum atomic E-state index is 13.4. The molecule has 1 rings (SSSR count). The molecule has 1 aromatic carbocycles. The predicted octanol–water partition coefficient (Wildman–Crippen LogP) is 1.04. The average Bonchev–Trinajstić information content (AvgIpc) is 2.23. The minimum Gasteiger partial charge on any atom is -0.394 e. The molecule has 3 nitrogen and oxygen atoms in total. The zero-order chi connectivity index (χ0) is 11.4. The first-order valence-electron chi connectivity index (χ1n) is 4.53. The van der Waals surface area contributed by atoms with Crippen molar-refractivity contribution < 1.29 is 19.0 Å². The first kappa shape index (κ1) is 11.9. The third kappa shape index (κ3) is 2.87. The lowest BCUT2D eigenvalue weighted by molar-refractivity contribution is 0.105. The van der Waals surface area contributed by atoms with Gasteiger partial charge in [0.05, 0.1) is 12.7 Å². The van der Waals surface area contributed by atoms with Gasteiger partial charge in [0.25, 0.3) is 0 Å². The molecule has 0 saturated heterocycles. The van der Waals surface area contributed by atoms with E-state index in [0.29, 0.717) is 5.56 Å².